The summed E-state index contributed by atoms with van der Waals surface area (Å²) in [5.41, 5.74) is 2.48. The highest BCUT2D eigenvalue weighted by Crippen LogP contribution is 2.48. The van der Waals surface area contributed by atoms with Crippen LogP contribution in [0.4, 0.5) is 5.82 Å². The lowest BCUT2D eigenvalue weighted by molar-refractivity contribution is -0.149. The Morgan fingerprint density at radius 1 is 1.22 bits per heavy atom. The van der Waals surface area contributed by atoms with Gasteiger partial charge in [0.1, 0.15) is 30.0 Å². The van der Waals surface area contributed by atoms with E-state index in [2.05, 4.69) is 10.2 Å². The Bertz CT molecular complexity index is 1460. The molecule has 11 nitrogen and oxygen atoms in total. The number of anilines is 1. The fourth-order valence-corrected chi connectivity index (χ4v) is 6.98. The second kappa shape index (κ2) is 13.6. The Balaban J connectivity index is 1.39. The Kier molecular flexibility index (Phi) is 10.0. The van der Waals surface area contributed by atoms with Gasteiger partial charge in [0.25, 0.3) is 0 Å². The van der Waals surface area contributed by atoms with Crippen molar-refractivity contribution in [2.24, 2.45) is 11.3 Å². The van der Waals surface area contributed by atoms with Crippen LogP contribution in [-0.4, -0.2) is 102 Å². The summed E-state index contributed by atoms with van der Waals surface area (Å²) in [5, 5.41) is 32.5. The van der Waals surface area contributed by atoms with E-state index in [1.54, 1.807) is 46.2 Å². The summed E-state index contributed by atoms with van der Waals surface area (Å²) in [6, 6.07) is 5.20. The molecule has 0 bridgehead atoms. The van der Waals surface area contributed by atoms with Gasteiger partial charge in [-0.25, -0.2) is 9.97 Å². The Labute approximate surface area is 270 Å². The van der Waals surface area contributed by atoms with Gasteiger partial charge in [0.2, 0.25) is 5.91 Å². The molecule has 45 heavy (non-hydrogen) atoms. The fraction of sp³-hybridized carbons (Fsp3) is 0.576. The molecule has 1 saturated carbocycles. The van der Waals surface area contributed by atoms with E-state index in [-0.39, 0.29) is 41.4 Å². The van der Waals surface area contributed by atoms with Crippen LogP contribution in [0.2, 0.25) is 5.02 Å². The number of carbonyl (C=O) groups excluding carboxylic acids is 1. The topological polar surface area (TPSA) is 144 Å². The van der Waals surface area contributed by atoms with Crippen molar-refractivity contribution in [3.63, 3.8) is 0 Å². The maximum atomic E-state index is 13.0. The second-order valence-corrected chi connectivity index (χ2v) is 13.2. The van der Waals surface area contributed by atoms with Gasteiger partial charge in [-0.05, 0) is 71.7 Å². The highest BCUT2D eigenvalue weighted by Gasteiger charge is 2.48. The minimum absolute atomic E-state index is 0.00462. The zero-order valence-electron chi connectivity index (χ0n) is 26.8. The summed E-state index contributed by atoms with van der Waals surface area (Å²) in [5.74, 6) is 1.95. The number of benzene rings is 1. The number of methoxy groups -OCH3 is 1. The van der Waals surface area contributed by atoms with E-state index in [4.69, 9.17) is 36.5 Å². The van der Waals surface area contributed by atoms with Gasteiger partial charge in [0.15, 0.2) is 5.82 Å². The number of nitrogens with zero attached hydrogens (tertiary/aromatic N) is 4. The van der Waals surface area contributed by atoms with Crippen LogP contribution in [0.1, 0.15) is 50.8 Å². The molecule has 244 valence electrons. The van der Waals surface area contributed by atoms with Crippen LogP contribution in [0.15, 0.2) is 24.0 Å². The SMILES string of the molecule is CNC[C@@H](O)COc1ccc(Cl)c(-c2nc(/C(C(C)=N)=C(\C)O)c(C)c(N3CC4(CCC(C(=O)N5CC(OC)C5)CC4)C3)n2)c1. The molecule has 1 spiro atoms. The van der Waals surface area contributed by atoms with Gasteiger partial charge in [-0.1, -0.05) is 11.6 Å². The maximum Gasteiger partial charge on any atom is 0.225 e. The number of aromatic nitrogens is 2. The number of ether oxygens (including phenoxy) is 2. The van der Waals surface area contributed by atoms with Gasteiger partial charge in [0, 0.05) is 68.0 Å². The predicted octanol–water partition coefficient (Wildman–Crippen LogP) is 4.25. The molecule has 2 aromatic rings. The lowest BCUT2D eigenvalue weighted by Crippen LogP contribution is -2.60. The third-order valence-corrected chi connectivity index (χ3v) is 9.72. The molecule has 2 saturated heterocycles. The van der Waals surface area contributed by atoms with Crippen LogP contribution in [0.3, 0.4) is 0 Å². The zero-order valence-corrected chi connectivity index (χ0v) is 27.6. The van der Waals surface area contributed by atoms with Crippen molar-refractivity contribution in [1.82, 2.24) is 20.2 Å². The van der Waals surface area contributed by atoms with Crippen molar-refractivity contribution >= 4 is 34.6 Å². The molecule has 3 fully saturated rings. The molecule has 5 rings (SSSR count). The van der Waals surface area contributed by atoms with Crippen LogP contribution < -0.4 is 15.0 Å². The fourth-order valence-electron chi connectivity index (χ4n) is 6.78. The maximum absolute atomic E-state index is 13.0. The van der Waals surface area contributed by atoms with Gasteiger partial charge in [0.05, 0.1) is 22.4 Å². The van der Waals surface area contributed by atoms with Crippen LogP contribution in [-0.2, 0) is 9.53 Å². The molecule has 1 amide bonds. The monoisotopic (exact) mass is 640 g/mol. The summed E-state index contributed by atoms with van der Waals surface area (Å²) < 4.78 is 11.2. The first-order valence-electron chi connectivity index (χ1n) is 15.6. The smallest absolute Gasteiger partial charge is 0.225 e. The number of likely N-dealkylation sites (tertiary alicyclic amines) is 1. The molecule has 3 aliphatic rings. The molecule has 2 aliphatic heterocycles. The first kappa shape index (κ1) is 33.1. The van der Waals surface area contributed by atoms with Crippen molar-refractivity contribution in [3.8, 4) is 17.1 Å². The summed E-state index contributed by atoms with van der Waals surface area (Å²) in [4.78, 5) is 27.0. The molecule has 1 aromatic carbocycles. The minimum atomic E-state index is -0.676. The highest BCUT2D eigenvalue weighted by atomic mass is 35.5. The summed E-state index contributed by atoms with van der Waals surface area (Å²) in [6.45, 7) is 8.60. The number of amides is 1. The first-order chi connectivity index (χ1) is 21.4. The lowest BCUT2D eigenvalue weighted by Gasteiger charge is -2.54. The summed E-state index contributed by atoms with van der Waals surface area (Å²) in [7, 11) is 3.46. The van der Waals surface area contributed by atoms with Gasteiger partial charge in [-0.3, -0.25) is 4.79 Å². The van der Waals surface area contributed by atoms with Crippen molar-refractivity contribution < 1.29 is 24.5 Å². The second-order valence-electron chi connectivity index (χ2n) is 12.8. The molecular formula is C33H45ClN6O5. The quantitative estimate of drug-likeness (QED) is 0.209. The molecule has 4 N–H and O–H groups in total. The number of hydrogen-bond donors (Lipinski definition) is 4. The molecular weight excluding hydrogens is 596 g/mol. The average Bonchev–Trinajstić information content (AvgIpc) is 2.96. The van der Waals surface area contributed by atoms with Gasteiger partial charge >= 0.3 is 0 Å². The van der Waals surface area contributed by atoms with Crippen molar-refractivity contribution in [3.05, 3.63) is 40.2 Å². The van der Waals surface area contributed by atoms with E-state index in [1.807, 2.05) is 11.8 Å². The van der Waals surface area contributed by atoms with E-state index in [9.17, 15) is 15.0 Å². The van der Waals surface area contributed by atoms with Crippen molar-refractivity contribution in [1.29, 1.82) is 5.41 Å². The van der Waals surface area contributed by atoms with E-state index >= 15 is 0 Å². The number of aliphatic hydroxyl groups is 2. The van der Waals surface area contributed by atoms with Crippen LogP contribution in [0.25, 0.3) is 17.0 Å². The van der Waals surface area contributed by atoms with Crippen LogP contribution >= 0.6 is 11.6 Å². The van der Waals surface area contributed by atoms with E-state index in [0.29, 0.717) is 53.1 Å². The van der Waals surface area contributed by atoms with Crippen molar-refractivity contribution in [2.75, 3.05) is 58.4 Å². The highest BCUT2D eigenvalue weighted by molar-refractivity contribution is 6.33. The largest absolute Gasteiger partial charge is 0.512 e. The normalized spacial score (nSPS) is 19.5. The number of aliphatic hydroxyl groups excluding tert-OH is 2. The third-order valence-electron chi connectivity index (χ3n) is 9.40. The third kappa shape index (κ3) is 6.96. The molecule has 1 aliphatic carbocycles. The molecule has 3 heterocycles. The summed E-state index contributed by atoms with van der Waals surface area (Å²) in [6.07, 6.45) is 3.22. The van der Waals surface area contributed by atoms with Crippen LogP contribution in [0.5, 0.6) is 5.75 Å². The Morgan fingerprint density at radius 2 is 1.91 bits per heavy atom. The number of likely N-dealkylation sites (N-methyl/N-ethyl adjacent to an activating group) is 1. The number of halogens is 1. The molecule has 0 unspecified atom stereocenters. The molecule has 1 atom stereocenters. The minimum Gasteiger partial charge on any atom is -0.512 e. The standard InChI is InChI=1S/C33H45ClN6O5/c1-19-29(28(20(2)35)21(3)41)37-30(26-12-24(6-7-27(26)34)45-16-23(42)13-36-4)38-31(19)40-17-33(18-40)10-8-22(9-11-33)32(43)39-14-25(15-39)44-5/h6-7,12,22-23,25,35-36,41-42H,8-11,13-18H2,1-5H3/b28-21+,35-20?/t23-/m1/s1. The van der Waals surface area contributed by atoms with Gasteiger partial charge < -0.3 is 40.2 Å². The predicted molar refractivity (Wildman–Crippen MR) is 175 cm³/mol. The first-order valence-corrected chi connectivity index (χ1v) is 16.0. The van der Waals surface area contributed by atoms with E-state index in [0.717, 1.165) is 50.2 Å². The molecule has 0 radical (unpaired) electrons. The van der Waals surface area contributed by atoms with Crippen molar-refractivity contribution in [2.45, 2.75) is 58.7 Å². The number of carbonyl (C=O) groups is 1. The molecule has 12 heteroatoms. The van der Waals surface area contributed by atoms with E-state index in [1.165, 1.54) is 0 Å². The van der Waals surface area contributed by atoms with Crippen LogP contribution in [0, 0.1) is 23.7 Å². The lowest BCUT2D eigenvalue weighted by atomic mass is 9.65. The van der Waals surface area contributed by atoms with E-state index < -0.39 is 6.10 Å². The average molecular weight is 641 g/mol. The number of rotatable bonds is 11. The number of nitrogens with one attached hydrogen (secondary N) is 2. The zero-order chi connectivity index (χ0) is 32.5. The number of allylic oxidation sites excluding steroid dienone is 2. The Morgan fingerprint density at radius 3 is 2.51 bits per heavy atom. The van der Waals surface area contributed by atoms with Gasteiger partial charge in [-0.15, -0.1) is 0 Å². The van der Waals surface area contributed by atoms with Gasteiger partial charge in [-0.2, -0.15) is 0 Å². The summed E-state index contributed by atoms with van der Waals surface area (Å²) >= 11 is 6.68. The number of hydrogen-bond acceptors (Lipinski definition) is 10. The molecule has 1 aromatic heterocycles. The Hall–Kier alpha value is -3.25.